The number of rotatable bonds is 7. The summed E-state index contributed by atoms with van der Waals surface area (Å²) in [6.07, 6.45) is 3.89. The zero-order chi connectivity index (χ0) is 20.4. The van der Waals surface area contributed by atoms with Crippen LogP contribution in [0.2, 0.25) is 0 Å². The summed E-state index contributed by atoms with van der Waals surface area (Å²) in [6, 6.07) is 12.4. The number of fused-ring (bicyclic) bond motifs is 1. The smallest absolute Gasteiger partial charge is 0.143 e. The number of benzene rings is 1. The maximum atomic E-state index is 4.94. The van der Waals surface area contributed by atoms with Gasteiger partial charge in [0.2, 0.25) is 0 Å². The van der Waals surface area contributed by atoms with E-state index in [0.29, 0.717) is 6.54 Å². The van der Waals surface area contributed by atoms with Gasteiger partial charge in [-0.1, -0.05) is 6.07 Å². The van der Waals surface area contributed by atoms with E-state index >= 15 is 0 Å². The molecule has 0 aliphatic heterocycles. The van der Waals surface area contributed by atoms with Crippen LogP contribution in [0.25, 0.3) is 22.4 Å². The zero-order valence-corrected chi connectivity index (χ0v) is 17.4. The Morgan fingerprint density at radius 3 is 2.52 bits per heavy atom. The van der Waals surface area contributed by atoms with Crippen LogP contribution in [-0.2, 0) is 13.6 Å². The third-order valence-corrected chi connectivity index (χ3v) is 5.22. The minimum Gasteiger partial charge on any atom is -0.386 e. The van der Waals surface area contributed by atoms with Gasteiger partial charge in [-0.2, -0.15) is 5.10 Å². The van der Waals surface area contributed by atoms with Crippen LogP contribution >= 0.6 is 0 Å². The molecule has 0 saturated carbocycles. The molecule has 0 radical (unpaired) electrons. The van der Waals surface area contributed by atoms with Crippen LogP contribution in [0, 0.1) is 0 Å². The lowest BCUT2D eigenvalue weighted by Gasteiger charge is -2.19. The second kappa shape index (κ2) is 7.95. The summed E-state index contributed by atoms with van der Waals surface area (Å²) in [5, 5.41) is 7.86. The molecule has 4 aromatic rings. The van der Waals surface area contributed by atoms with Gasteiger partial charge in [0.25, 0.3) is 0 Å². The molecule has 0 bridgehead atoms. The molecule has 0 aliphatic rings. The summed E-state index contributed by atoms with van der Waals surface area (Å²) in [7, 11) is 3.87. The molecule has 0 unspecified atom stereocenters. The van der Waals surface area contributed by atoms with Crippen LogP contribution in [0.4, 0.5) is 11.5 Å². The number of aryl methyl sites for hydroxylation is 1. The van der Waals surface area contributed by atoms with Crippen molar-refractivity contribution in [2.24, 2.45) is 7.05 Å². The summed E-state index contributed by atoms with van der Waals surface area (Å²) in [4.78, 5) is 11.9. The van der Waals surface area contributed by atoms with Crippen molar-refractivity contribution in [1.29, 1.82) is 0 Å². The summed E-state index contributed by atoms with van der Waals surface area (Å²) in [5.41, 5.74) is 5.06. The van der Waals surface area contributed by atoms with Crippen LogP contribution in [0.1, 0.15) is 19.5 Å². The highest BCUT2D eigenvalue weighted by Gasteiger charge is 2.17. The van der Waals surface area contributed by atoms with Crippen LogP contribution in [-0.4, -0.2) is 44.5 Å². The average Bonchev–Trinajstić information content (AvgIpc) is 3.33. The maximum absolute atomic E-state index is 4.94. The van der Waals surface area contributed by atoms with Crippen LogP contribution in [0.15, 0.2) is 48.8 Å². The Hall–Kier alpha value is -3.35. The van der Waals surface area contributed by atoms with Gasteiger partial charge in [-0.3, -0.25) is 4.68 Å². The first kappa shape index (κ1) is 19.0. The SMILES string of the molecule is CCN(CC)c1ccc(-c2nc3cccc(NC)c3n2Cc2ccn(C)n2)cn1. The third kappa shape index (κ3) is 3.55. The highest BCUT2D eigenvalue weighted by atomic mass is 15.3. The highest BCUT2D eigenvalue weighted by Crippen LogP contribution is 2.30. The van der Waals surface area contributed by atoms with E-state index < -0.39 is 0 Å². The summed E-state index contributed by atoms with van der Waals surface area (Å²) < 4.78 is 4.05. The van der Waals surface area contributed by atoms with E-state index in [2.05, 4.69) is 51.9 Å². The fraction of sp³-hybridized carbons (Fsp3) is 0.318. The van der Waals surface area contributed by atoms with E-state index in [1.165, 1.54) is 0 Å². The largest absolute Gasteiger partial charge is 0.386 e. The minimum absolute atomic E-state index is 0.642. The number of imidazole rings is 1. The Labute approximate surface area is 171 Å². The van der Waals surface area contributed by atoms with Crippen molar-refractivity contribution in [2.75, 3.05) is 30.4 Å². The number of anilines is 2. The van der Waals surface area contributed by atoms with Crippen molar-refractivity contribution in [3.63, 3.8) is 0 Å². The van der Waals surface area contributed by atoms with E-state index in [9.17, 15) is 0 Å². The predicted octanol–water partition coefficient (Wildman–Crippen LogP) is 3.77. The Morgan fingerprint density at radius 2 is 1.90 bits per heavy atom. The molecule has 7 heteroatoms. The molecule has 3 heterocycles. The Kier molecular flexibility index (Phi) is 5.20. The Morgan fingerprint density at radius 1 is 1.07 bits per heavy atom. The number of nitrogens with zero attached hydrogens (tertiary/aromatic N) is 6. The van der Waals surface area contributed by atoms with E-state index in [1.807, 2.05) is 49.4 Å². The fourth-order valence-electron chi connectivity index (χ4n) is 3.72. The van der Waals surface area contributed by atoms with Gasteiger partial charge in [-0.25, -0.2) is 9.97 Å². The van der Waals surface area contributed by atoms with Gasteiger partial charge in [-0.15, -0.1) is 0 Å². The minimum atomic E-state index is 0.642. The number of para-hydroxylation sites is 1. The third-order valence-electron chi connectivity index (χ3n) is 5.22. The van der Waals surface area contributed by atoms with Crippen LogP contribution < -0.4 is 10.2 Å². The molecular weight excluding hydrogens is 362 g/mol. The first-order valence-electron chi connectivity index (χ1n) is 10.0. The van der Waals surface area contributed by atoms with Crippen molar-refractivity contribution in [3.05, 3.63) is 54.5 Å². The van der Waals surface area contributed by atoms with E-state index in [4.69, 9.17) is 9.97 Å². The van der Waals surface area contributed by atoms with Crippen molar-refractivity contribution in [3.8, 4) is 11.4 Å². The lowest BCUT2D eigenvalue weighted by atomic mass is 10.2. The maximum Gasteiger partial charge on any atom is 0.143 e. The van der Waals surface area contributed by atoms with E-state index in [0.717, 1.165) is 52.7 Å². The highest BCUT2D eigenvalue weighted by molar-refractivity contribution is 5.91. The molecule has 0 fully saturated rings. The molecule has 0 saturated heterocycles. The summed E-state index contributed by atoms with van der Waals surface area (Å²) in [6.45, 7) is 6.80. The number of hydrogen-bond donors (Lipinski definition) is 1. The van der Waals surface area contributed by atoms with Crippen LogP contribution in [0.3, 0.4) is 0 Å². The lowest BCUT2D eigenvalue weighted by molar-refractivity contribution is 0.717. The van der Waals surface area contributed by atoms with Crippen molar-refractivity contribution in [1.82, 2.24) is 24.3 Å². The molecule has 4 rings (SSSR count). The van der Waals surface area contributed by atoms with Gasteiger partial charge in [0.1, 0.15) is 11.6 Å². The first-order chi connectivity index (χ1) is 14.1. The standard InChI is InChI=1S/C22H27N7/c1-5-28(6-2)20-11-10-16(14-24-20)22-25-19-9-7-8-18(23-3)21(19)29(22)15-17-12-13-27(4)26-17/h7-14,23H,5-6,15H2,1-4H3. The quantitative estimate of drug-likeness (QED) is 0.521. The number of hydrogen-bond acceptors (Lipinski definition) is 5. The Bertz CT molecular complexity index is 1100. The summed E-state index contributed by atoms with van der Waals surface area (Å²) >= 11 is 0. The number of aromatic nitrogens is 5. The average molecular weight is 390 g/mol. The molecule has 3 aromatic heterocycles. The number of nitrogens with one attached hydrogen (secondary N) is 1. The second-order valence-corrected chi connectivity index (χ2v) is 7.00. The molecule has 0 atom stereocenters. The lowest BCUT2D eigenvalue weighted by Crippen LogP contribution is -2.22. The van der Waals surface area contributed by atoms with Gasteiger partial charge in [-0.05, 0) is 44.2 Å². The first-order valence-corrected chi connectivity index (χ1v) is 10.0. The molecule has 1 aromatic carbocycles. The monoisotopic (exact) mass is 389 g/mol. The normalized spacial score (nSPS) is 11.2. The molecule has 1 N–H and O–H groups in total. The topological polar surface area (TPSA) is 63.8 Å². The molecule has 29 heavy (non-hydrogen) atoms. The molecular formula is C22H27N7. The van der Waals surface area contributed by atoms with Crippen molar-refractivity contribution >= 4 is 22.5 Å². The zero-order valence-electron chi connectivity index (χ0n) is 17.4. The van der Waals surface area contributed by atoms with Gasteiger partial charge < -0.3 is 14.8 Å². The predicted molar refractivity (Wildman–Crippen MR) is 118 cm³/mol. The summed E-state index contributed by atoms with van der Waals surface area (Å²) in [5.74, 6) is 1.88. The van der Waals surface area contributed by atoms with Crippen LogP contribution in [0.5, 0.6) is 0 Å². The molecule has 0 amide bonds. The molecule has 150 valence electrons. The second-order valence-electron chi connectivity index (χ2n) is 7.00. The van der Waals surface area contributed by atoms with Gasteiger partial charge in [0.15, 0.2) is 0 Å². The number of pyridine rings is 1. The van der Waals surface area contributed by atoms with E-state index in [-0.39, 0.29) is 0 Å². The van der Waals surface area contributed by atoms with Crippen molar-refractivity contribution in [2.45, 2.75) is 20.4 Å². The fourth-order valence-corrected chi connectivity index (χ4v) is 3.72. The van der Waals surface area contributed by atoms with Gasteiger partial charge >= 0.3 is 0 Å². The van der Waals surface area contributed by atoms with Crippen molar-refractivity contribution < 1.29 is 0 Å². The Balaban J connectivity index is 1.84. The molecule has 0 spiro atoms. The molecule has 0 aliphatic carbocycles. The van der Waals surface area contributed by atoms with E-state index in [1.54, 1.807) is 0 Å². The van der Waals surface area contributed by atoms with Gasteiger partial charge in [0.05, 0.1) is 29.0 Å². The molecule has 7 nitrogen and oxygen atoms in total. The van der Waals surface area contributed by atoms with Gasteiger partial charge in [0, 0.05) is 45.1 Å².